The zero-order chi connectivity index (χ0) is 15.2. The topological polar surface area (TPSA) is 58.6 Å². The number of benzene rings is 2. The first-order valence-electron chi connectivity index (χ1n) is 6.16. The van der Waals surface area contributed by atoms with Crippen molar-refractivity contribution in [2.45, 2.75) is 6.61 Å². The van der Waals surface area contributed by atoms with Gasteiger partial charge in [-0.05, 0) is 30.3 Å². The monoisotopic (exact) mass is 309 g/mol. The highest BCUT2D eigenvalue weighted by Gasteiger charge is 2.09. The fraction of sp³-hybridized carbons (Fsp3) is 0.133. The second kappa shape index (κ2) is 7.06. The summed E-state index contributed by atoms with van der Waals surface area (Å²) < 4.78 is 18.7. The van der Waals surface area contributed by atoms with E-state index in [9.17, 15) is 14.3 Å². The van der Waals surface area contributed by atoms with Crippen molar-refractivity contribution in [1.82, 2.24) is 0 Å². The standard InChI is InChI=1S/C15H13ClFNO3/c16-11-5-6-14(10(7-11)8-19)21-9-15(20)18-13-4-2-1-3-12(13)17/h1-7,19H,8-9H2,(H,18,20). The molecule has 0 aromatic heterocycles. The Balaban J connectivity index is 1.97. The lowest BCUT2D eigenvalue weighted by Gasteiger charge is -2.11. The first-order valence-corrected chi connectivity index (χ1v) is 6.54. The second-order valence-electron chi connectivity index (χ2n) is 4.23. The molecule has 2 aromatic carbocycles. The number of rotatable bonds is 5. The normalized spacial score (nSPS) is 10.2. The van der Waals surface area contributed by atoms with Gasteiger partial charge in [-0.25, -0.2) is 4.39 Å². The third-order valence-corrected chi connectivity index (χ3v) is 2.93. The highest BCUT2D eigenvalue weighted by molar-refractivity contribution is 6.30. The molecule has 2 rings (SSSR count). The fourth-order valence-corrected chi connectivity index (χ4v) is 1.90. The van der Waals surface area contributed by atoms with E-state index in [0.717, 1.165) is 0 Å². The minimum Gasteiger partial charge on any atom is -0.483 e. The number of halogens is 2. The molecule has 0 heterocycles. The number of carbonyl (C=O) groups excluding carboxylic acids is 1. The maximum Gasteiger partial charge on any atom is 0.262 e. The van der Waals surface area contributed by atoms with Crippen LogP contribution in [0.3, 0.4) is 0 Å². The van der Waals surface area contributed by atoms with Gasteiger partial charge in [0.25, 0.3) is 5.91 Å². The molecule has 2 N–H and O–H groups in total. The smallest absolute Gasteiger partial charge is 0.262 e. The number of carbonyl (C=O) groups is 1. The lowest BCUT2D eigenvalue weighted by atomic mass is 10.2. The summed E-state index contributed by atoms with van der Waals surface area (Å²) in [4.78, 5) is 11.7. The second-order valence-corrected chi connectivity index (χ2v) is 4.66. The summed E-state index contributed by atoms with van der Waals surface area (Å²) in [7, 11) is 0. The van der Waals surface area contributed by atoms with Gasteiger partial charge in [-0.1, -0.05) is 23.7 Å². The summed E-state index contributed by atoms with van der Waals surface area (Å²) in [6.07, 6.45) is 0. The van der Waals surface area contributed by atoms with Gasteiger partial charge in [0.15, 0.2) is 6.61 Å². The van der Waals surface area contributed by atoms with Crippen LogP contribution in [-0.4, -0.2) is 17.6 Å². The molecular weight excluding hydrogens is 297 g/mol. The van der Waals surface area contributed by atoms with Crippen LogP contribution in [0.2, 0.25) is 5.02 Å². The molecule has 110 valence electrons. The Morgan fingerprint density at radius 1 is 1.29 bits per heavy atom. The summed E-state index contributed by atoms with van der Waals surface area (Å²) in [6, 6.07) is 10.5. The van der Waals surface area contributed by atoms with Gasteiger partial charge < -0.3 is 15.2 Å². The summed E-state index contributed by atoms with van der Waals surface area (Å²) >= 11 is 5.80. The summed E-state index contributed by atoms with van der Waals surface area (Å²) in [6.45, 7) is -0.562. The van der Waals surface area contributed by atoms with Crippen LogP contribution in [0.25, 0.3) is 0 Å². The maximum absolute atomic E-state index is 13.4. The number of aliphatic hydroxyl groups excluding tert-OH is 1. The largest absolute Gasteiger partial charge is 0.483 e. The van der Waals surface area contributed by atoms with Gasteiger partial charge >= 0.3 is 0 Å². The van der Waals surface area contributed by atoms with Gasteiger partial charge in [-0.15, -0.1) is 0 Å². The molecule has 0 aliphatic carbocycles. The van der Waals surface area contributed by atoms with Gasteiger partial charge in [0, 0.05) is 10.6 Å². The van der Waals surface area contributed by atoms with E-state index >= 15 is 0 Å². The van der Waals surface area contributed by atoms with E-state index in [-0.39, 0.29) is 18.9 Å². The highest BCUT2D eigenvalue weighted by atomic mass is 35.5. The van der Waals surface area contributed by atoms with Crippen LogP contribution in [-0.2, 0) is 11.4 Å². The molecule has 0 unspecified atom stereocenters. The van der Waals surface area contributed by atoms with Crippen molar-refractivity contribution in [3.63, 3.8) is 0 Å². The van der Waals surface area contributed by atoms with E-state index in [4.69, 9.17) is 16.3 Å². The van der Waals surface area contributed by atoms with Crippen molar-refractivity contribution in [2.75, 3.05) is 11.9 Å². The summed E-state index contributed by atoms with van der Waals surface area (Å²) in [5.41, 5.74) is 0.561. The number of amides is 1. The molecule has 1 amide bonds. The molecule has 2 aromatic rings. The first-order chi connectivity index (χ1) is 10.1. The number of nitrogens with one attached hydrogen (secondary N) is 1. The van der Waals surface area contributed by atoms with Gasteiger partial charge in [0.2, 0.25) is 0 Å². The van der Waals surface area contributed by atoms with Crippen LogP contribution in [0.4, 0.5) is 10.1 Å². The molecule has 0 bridgehead atoms. The van der Waals surface area contributed by atoms with Gasteiger partial charge in [-0.3, -0.25) is 4.79 Å². The maximum atomic E-state index is 13.4. The third-order valence-electron chi connectivity index (χ3n) is 2.70. The van der Waals surface area contributed by atoms with E-state index in [0.29, 0.717) is 16.3 Å². The Morgan fingerprint density at radius 3 is 2.76 bits per heavy atom. The van der Waals surface area contributed by atoms with Crippen molar-refractivity contribution >= 4 is 23.2 Å². The van der Waals surface area contributed by atoms with Crippen molar-refractivity contribution in [3.8, 4) is 5.75 Å². The quantitative estimate of drug-likeness (QED) is 0.892. The molecular formula is C15H13ClFNO3. The zero-order valence-corrected chi connectivity index (χ0v) is 11.7. The predicted octanol–water partition coefficient (Wildman–Crippen LogP) is 2.99. The van der Waals surface area contributed by atoms with Crippen LogP contribution in [0.15, 0.2) is 42.5 Å². The summed E-state index contributed by atoms with van der Waals surface area (Å²) in [5.74, 6) is -0.669. The van der Waals surface area contributed by atoms with Crippen LogP contribution < -0.4 is 10.1 Å². The van der Waals surface area contributed by atoms with E-state index in [2.05, 4.69) is 5.32 Å². The molecule has 0 saturated heterocycles. The fourth-order valence-electron chi connectivity index (χ4n) is 1.70. The average molecular weight is 310 g/mol. The van der Waals surface area contributed by atoms with Crippen LogP contribution >= 0.6 is 11.6 Å². The molecule has 4 nitrogen and oxygen atoms in total. The molecule has 0 aliphatic rings. The Hall–Kier alpha value is -2.11. The Bertz CT molecular complexity index is 649. The van der Waals surface area contributed by atoms with Crippen molar-refractivity contribution in [3.05, 3.63) is 58.9 Å². The molecule has 21 heavy (non-hydrogen) atoms. The number of aliphatic hydroxyl groups is 1. The van der Waals surface area contributed by atoms with Crippen LogP contribution in [0, 0.1) is 5.82 Å². The Kier molecular flexibility index (Phi) is 5.14. The molecule has 0 fully saturated rings. The SMILES string of the molecule is O=C(COc1ccc(Cl)cc1CO)Nc1ccccc1F. The molecule has 0 atom stereocenters. The van der Waals surface area contributed by atoms with Gasteiger partial charge in [-0.2, -0.15) is 0 Å². The zero-order valence-electron chi connectivity index (χ0n) is 11.0. The molecule has 0 aliphatic heterocycles. The van der Waals surface area contributed by atoms with Crippen molar-refractivity contribution < 1.29 is 19.0 Å². The first kappa shape index (κ1) is 15.3. The number of hydrogen-bond acceptors (Lipinski definition) is 3. The number of ether oxygens (including phenoxy) is 1. The number of para-hydroxylation sites is 1. The molecule has 0 radical (unpaired) electrons. The molecule has 6 heteroatoms. The molecule has 0 spiro atoms. The molecule has 0 saturated carbocycles. The van der Waals surface area contributed by atoms with Crippen LogP contribution in [0.1, 0.15) is 5.56 Å². The lowest BCUT2D eigenvalue weighted by molar-refractivity contribution is -0.118. The van der Waals surface area contributed by atoms with Crippen LogP contribution in [0.5, 0.6) is 5.75 Å². The Morgan fingerprint density at radius 2 is 2.05 bits per heavy atom. The number of anilines is 1. The number of hydrogen-bond donors (Lipinski definition) is 2. The van der Waals surface area contributed by atoms with E-state index in [1.807, 2.05) is 0 Å². The van der Waals surface area contributed by atoms with Crippen molar-refractivity contribution in [1.29, 1.82) is 0 Å². The average Bonchev–Trinajstić information content (AvgIpc) is 2.48. The lowest BCUT2D eigenvalue weighted by Crippen LogP contribution is -2.21. The van der Waals surface area contributed by atoms with E-state index in [1.54, 1.807) is 24.3 Å². The third kappa shape index (κ3) is 4.18. The van der Waals surface area contributed by atoms with Gasteiger partial charge in [0.1, 0.15) is 11.6 Å². The highest BCUT2D eigenvalue weighted by Crippen LogP contribution is 2.23. The minimum atomic E-state index is -0.520. The van der Waals surface area contributed by atoms with Gasteiger partial charge in [0.05, 0.1) is 12.3 Å². The summed E-state index contributed by atoms with van der Waals surface area (Å²) in [5, 5.41) is 12.1. The van der Waals surface area contributed by atoms with E-state index < -0.39 is 11.7 Å². The Labute approximate surface area is 126 Å². The minimum absolute atomic E-state index is 0.0876. The predicted molar refractivity (Wildman–Crippen MR) is 77.9 cm³/mol. The van der Waals surface area contributed by atoms with E-state index in [1.165, 1.54) is 18.2 Å². The van der Waals surface area contributed by atoms with Crippen molar-refractivity contribution in [2.24, 2.45) is 0 Å².